The van der Waals surface area contributed by atoms with Crippen molar-refractivity contribution in [2.24, 2.45) is 0 Å². The SMILES string of the molecule is COc1cc([C@@H]2CC(=O)C3=C(C2)Nc2ccccc2N(C(=O)C(F)(F)F)[C@H]3c2cc(OC)c(OC)c(OC)c2)cc(OC)c1OC. The van der Waals surface area contributed by atoms with Crippen molar-refractivity contribution in [3.8, 4) is 34.5 Å². The molecule has 46 heavy (non-hydrogen) atoms. The van der Waals surface area contributed by atoms with E-state index in [1.165, 1.54) is 66.9 Å². The summed E-state index contributed by atoms with van der Waals surface area (Å²) in [6, 6.07) is 11.0. The Balaban J connectivity index is 1.77. The molecule has 10 nitrogen and oxygen atoms in total. The molecule has 0 unspecified atom stereocenters. The van der Waals surface area contributed by atoms with Gasteiger partial charge in [-0.25, -0.2) is 0 Å². The van der Waals surface area contributed by atoms with Crippen LogP contribution in [0, 0.1) is 0 Å². The van der Waals surface area contributed by atoms with Gasteiger partial charge in [0.25, 0.3) is 0 Å². The standard InChI is InChI=1S/C33H33F3N2O8/c1-41-24-13-18(14-25(42-2)30(24)45-5)17-11-21-28(23(39)12-17)29(19-15-26(43-3)31(46-6)27(16-19)44-4)38(32(40)33(34,35)36)22-10-8-7-9-20(22)37-21/h7-10,13-17,29,37H,11-12H2,1-6H3/t17-,29-/m0/s1. The van der Waals surface area contributed by atoms with Gasteiger partial charge in [-0.15, -0.1) is 0 Å². The van der Waals surface area contributed by atoms with Crippen LogP contribution >= 0.6 is 0 Å². The number of rotatable bonds is 8. The average Bonchev–Trinajstić information content (AvgIpc) is 3.20. The number of nitrogens with zero attached hydrogens (tertiary/aromatic N) is 1. The van der Waals surface area contributed by atoms with Crippen LogP contribution < -0.4 is 38.6 Å². The number of halogens is 3. The number of ether oxygens (including phenoxy) is 6. The maximum Gasteiger partial charge on any atom is 0.471 e. The Labute approximate surface area is 263 Å². The smallest absolute Gasteiger partial charge is 0.471 e. The fourth-order valence-corrected chi connectivity index (χ4v) is 6.10. The number of carbonyl (C=O) groups excluding carboxylic acids is 2. The van der Waals surface area contributed by atoms with E-state index in [1.807, 2.05) is 0 Å². The number of hydrogen-bond acceptors (Lipinski definition) is 9. The highest BCUT2D eigenvalue weighted by atomic mass is 19.4. The summed E-state index contributed by atoms with van der Waals surface area (Å²) in [5, 5.41) is 3.21. The molecule has 1 N–H and O–H groups in total. The topological polar surface area (TPSA) is 105 Å². The summed E-state index contributed by atoms with van der Waals surface area (Å²) in [4.78, 5) is 28.2. The fraction of sp³-hybridized carbons (Fsp3) is 0.333. The largest absolute Gasteiger partial charge is 0.493 e. The lowest BCUT2D eigenvalue weighted by molar-refractivity contribution is -0.170. The highest BCUT2D eigenvalue weighted by Gasteiger charge is 2.50. The number of anilines is 2. The zero-order valence-corrected chi connectivity index (χ0v) is 26.0. The first-order valence-electron chi connectivity index (χ1n) is 14.1. The number of amides is 1. The summed E-state index contributed by atoms with van der Waals surface area (Å²) in [5.41, 5.74) is 1.38. The van der Waals surface area contributed by atoms with Crippen molar-refractivity contribution in [2.75, 3.05) is 52.9 Å². The predicted molar refractivity (Wildman–Crippen MR) is 163 cm³/mol. The molecular weight excluding hydrogens is 609 g/mol. The van der Waals surface area contributed by atoms with Gasteiger partial charge in [0.15, 0.2) is 28.8 Å². The number of Topliss-reactive ketones (excluding diaryl/α,β-unsaturated/α-hetero) is 1. The molecule has 1 aliphatic heterocycles. The molecule has 13 heteroatoms. The van der Waals surface area contributed by atoms with Crippen molar-refractivity contribution < 1.29 is 51.2 Å². The molecule has 0 bridgehead atoms. The second-order valence-electron chi connectivity index (χ2n) is 10.6. The van der Waals surface area contributed by atoms with Gasteiger partial charge >= 0.3 is 12.1 Å². The molecule has 1 aliphatic carbocycles. The van der Waals surface area contributed by atoms with Crippen LogP contribution in [-0.4, -0.2) is 60.5 Å². The van der Waals surface area contributed by atoms with Crippen LogP contribution in [0.2, 0.25) is 0 Å². The third kappa shape index (κ3) is 5.61. The molecule has 0 spiro atoms. The third-order valence-corrected chi connectivity index (χ3v) is 8.11. The number of carbonyl (C=O) groups is 2. The average molecular weight is 643 g/mol. The van der Waals surface area contributed by atoms with Gasteiger partial charge in [0.2, 0.25) is 11.5 Å². The van der Waals surface area contributed by atoms with Crippen molar-refractivity contribution in [3.05, 3.63) is 70.9 Å². The second kappa shape index (κ2) is 12.7. The van der Waals surface area contributed by atoms with Crippen molar-refractivity contribution >= 4 is 23.1 Å². The monoisotopic (exact) mass is 642 g/mol. The molecule has 0 fully saturated rings. The van der Waals surface area contributed by atoms with E-state index in [2.05, 4.69) is 5.32 Å². The van der Waals surface area contributed by atoms with Crippen LogP contribution in [0.15, 0.2) is 59.8 Å². The molecule has 0 saturated carbocycles. The first kappa shape index (κ1) is 32.3. The van der Waals surface area contributed by atoms with Crippen molar-refractivity contribution in [1.29, 1.82) is 0 Å². The van der Waals surface area contributed by atoms with Gasteiger partial charge in [-0.05, 0) is 59.9 Å². The van der Waals surface area contributed by atoms with Crippen LogP contribution in [0.3, 0.4) is 0 Å². The predicted octanol–water partition coefficient (Wildman–Crippen LogP) is 6.20. The Kier molecular flexibility index (Phi) is 8.95. The van der Waals surface area contributed by atoms with Gasteiger partial charge < -0.3 is 33.7 Å². The molecule has 3 aromatic rings. The zero-order valence-electron chi connectivity index (χ0n) is 26.0. The molecule has 0 saturated heterocycles. The summed E-state index contributed by atoms with van der Waals surface area (Å²) < 4.78 is 75.9. The molecule has 0 radical (unpaired) electrons. The van der Waals surface area contributed by atoms with Gasteiger partial charge in [0.05, 0.1) is 60.1 Å². The maximum atomic E-state index is 14.4. The lowest BCUT2D eigenvalue weighted by Gasteiger charge is -2.35. The van der Waals surface area contributed by atoms with Crippen molar-refractivity contribution in [3.63, 3.8) is 0 Å². The van der Waals surface area contributed by atoms with Crippen LogP contribution in [0.4, 0.5) is 24.5 Å². The van der Waals surface area contributed by atoms with Crippen LogP contribution in [0.5, 0.6) is 34.5 Å². The van der Waals surface area contributed by atoms with Gasteiger partial charge in [0, 0.05) is 17.7 Å². The minimum Gasteiger partial charge on any atom is -0.493 e. The second-order valence-corrected chi connectivity index (χ2v) is 10.6. The molecular formula is C33H33F3N2O8. The number of alkyl halides is 3. The van der Waals surface area contributed by atoms with E-state index in [-0.39, 0.29) is 52.6 Å². The Hall–Kier alpha value is -5.07. The minimum atomic E-state index is -5.27. The number of ketones is 1. The van der Waals surface area contributed by atoms with Gasteiger partial charge in [-0.2, -0.15) is 13.2 Å². The minimum absolute atomic E-state index is 0.00626. The van der Waals surface area contributed by atoms with Crippen LogP contribution in [0.1, 0.15) is 35.9 Å². The van der Waals surface area contributed by atoms with Crippen molar-refractivity contribution in [1.82, 2.24) is 0 Å². The Morgan fingerprint density at radius 2 is 1.26 bits per heavy atom. The third-order valence-electron chi connectivity index (χ3n) is 8.11. The highest BCUT2D eigenvalue weighted by molar-refractivity contribution is 6.07. The Bertz CT molecular complexity index is 1650. The summed E-state index contributed by atoms with van der Waals surface area (Å²) in [5.74, 6) is -1.40. The maximum absolute atomic E-state index is 14.4. The van der Waals surface area contributed by atoms with E-state index in [0.29, 0.717) is 33.4 Å². The molecule has 1 amide bonds. The summed E-state index contributed by atoms with van der Waals surface area (Å²) >= 11 is 0. The number of hydrogen-bond donors (Lipinski definition) is 1. The van der Waals surface area contributed by atoms with E-state index in [1.54, 1.807) is 24.3 Å². The van der Waals surface area contributed by atoms with Crippen LogP contribution in [0.25, 0.3) is 0 Å². The zero-order chi connectivity index (χ0) is 33.3. The molecule has 0 aromatic heterocycles. The normalized spacial score (nSPS) is 17.7. The first-order chi connectivity index (χ1) is 22.0. The van der Waals surface area contributed by atoms with Gasteiger partial charge in [-0.1, -0.05) is 12.1 Å². The first-order valence-corrected chi connectivity index (χ1v) is 14.1. The number of allylic oxidation sites excluding steroid dienone is 1. The van der Waals surface area contributed by atoms with E-state index in [9.17, 15) is 22.8 Å². The number of benzene rings is 3. The number of fused-ring (bicyclic) bond motifs is 1. The van der Waals surface area contributed by atoms with E-state index in [0.717, 1.165) is 0 Å². The molecule has 244 valence electrons. The molecule has 1 heterocycles. The quantitative estimate of drug-likeness (QED) is 0.308. The van der Waals surface area contributed by atoms with Gasteiger partial charge in [0.1, 0.15) is 0 Å². The molecule has 2 atom stereocenters. The number of nitrogens with one attached hydrogen (secondary N) is 1. The Morgan fingerprint density at radius 3 is 1.74 bits per heavy atom. The summed E-state index contributed by atoms with van der Waals surface area (Å²) in [7, 11) is 8.55. The summed E-state index contributed by atoms with van der Waals surface area (Å²) in [6.45, 7) is 0. The lowest BCUT2D eigenvalue weighted by Crippen LogP contribution is -2.45. The number of para-hydroxylation sites is 2. The molecule has 2 aliphatic rings. The van der Waals surface area contributed by atoms with Crippen LogP contribution in [-0.2, 0) is 9.59 Å². The highest BCUT2D eigenvalue weighted by Crippen LogP contribution is 2.51. The lowest BCUT2D eigenvalue weighted by atomic mass is 9.78. The number of methoxy groups -OCH3 is 6. The van der Waals surface area contributed by atoms with E-state index in [4.69, 9.17) is 28.4 Å². The van der Waals surface area contributed by atoms with Crippen molar-refractivity contribution in [2.45, 2.75) is 31.0 Å². The van der Waals surface area contributed by atoms with Gasteiger partial charge in [-0.3, -0.25) is 14.5 Å². The van der Waals surface area contributed by atoms with E-state index >= 15 is 0 Å². The fourth-order valence-electron chi connectivity index (χ4n) is 6.10. The van der Waals surface area contributed by atoms with E-state index < -0.39 is 29.8 Å². The Morgan fingerprint density at radius 1 is 0.761 bits per heavy atom. The molecule has 3 aromatic carbocycles. The molecule has 5 rings (SSSR count). The summed E-state index contributed by atoms with van der Waals surface area (Å²) in [6.07, 6.45) is -5.14.